The molecule has 6 nitrogen and oxygen atoms in total. The van der Waals surface area contributed by atoms with E-state index in [1.165, 1.54) is 0 Å². The van der Waals surface area contributed by atoms with E-state index in [1.807, 2.05) is 50.2 Å². The Balaban J connectivity index is 2.02. The highest BCUT2D eigenvalue weighted by molar-refractivity contribution is 9.11. The van der Waals surface area contributed by atoms with Gasteiger partial charge in [-0.15, -0.1) is 11.3 Å². The van der Waals surface area contributed by atoms with Crippen LogP contribution >= 0.6 is 27.3 Å². The number of benzene rings is 1. The van der Waals surface area contributed by atoms with Crippen LogP contribution in [0.3, 0.4) is 0 Å². The first kappa shape index (κ1) is 23.4. The molecule has 2 amide bonds. The summed E-state index contributed by atoms with van der Waals surface area (Å²) in [6, 6.07) is 11.6. The van der Waals surface area contributed by atoms with Crippen LogP contribution in [0.2, 0.25) is 0 Å². The van der Waals surface area contributed by atoms with Gasteiger partial charge in [0.05, 0.1) is 16.4 Å². The highest BCUT2D eigenvalue weighted by Crippen LogP contribution is 2.27. The summed E-state index contributed by atoms with van der Waals surface area (Å²) in [6.07, 6.45) is 2.83. The number of hydrogen-bond donors (Lipinski definition) is 2. The first-order valence-corrected chi connectivity index (χ1v) is 11.2. The Morgan fingerprint density at radius 3 is 2.38 bits per heavy atom. The van der Waals surface area contributed by atoms with Crippen LogP contribution in [0, 0.1) is 0 Å². The van der Waals surface area contributed by atoms with Crippen LogP contribution < -0.4 is 15.1 Å². The van der Waals surface area contributed by atoms with Crippen molar-refractivity contribution in [1.29, 1.82) is 0 Å². The molecular weight excluding hydrogens is 456 g/mol. The number of amides is 2. The van der Waals surface area contributed by atoms with Crippen molar-refractivity contribution >= 4 is 44.8 Å². The van der Waals surface area contributed by atoms with E-state index in [0.29, 0.717) is 25.8 Å². The molecule has 0 atom stereocenters. The summed E-state index contributed by atoms with van der Waals surface area (Å²) >= 11 is 5.08. The number of unbranched alkanes of at least 4 members (excludes halogenated alkanes) is 2. The second-order valence-electron chi connectivity index (χ2n) is 6.94. The van der Waals surface area contributed by atoms with Crippen molar-refractivity contribution in [2.24, 2.45) is 0 Å². The van der Waals surface area contributed by atoms with E-state index in [-0.39, 0.29) is 18.4 Å². The van der Waals surface area contributed by atoms with Crippen LogP contribution in [-0.4, -0.2) is 23.1 Å². The Kier molecular flexibility index (Phi) is 9.63. The molecule has 0 radical (unpaired) electrons. The molecule has 0 unspecified atom stereocenters. The summed E-state index contributed by atoms with van der Waals surface area (Å²) in [5, 5.41) is 8.52. The fraction of sp³-hybridized carbons (Fsp3) is 0.429. The molecule has 1 aromatic heterocycles. The topological polar surface area (TPSA) is 78.9 Å². The van der Waals surface area contributed by atoms with E-state index in [2.05, 4.69) is 15.9 Å². The normalized spacial score (nSPS) is 10.8. The summed E-state index contributed by atoms with van der Waals surface area (Å²) in [7, 11) is 0. The van der Waals surface area contributed by atoms with E-state index >= 15 is 0 Å². The van der Waals surface area contributed by atoms with Crippen molar-refractivity contribution < 1.29 is 19.5 Å². The lowest BCUT2D eigenvalue weighted by molar-refractivity contribution is -0.129. The molecule has 0 saturated heterocycles. The molecule has 0 bridgehead atoms. The van der Waals surface area contributed by atoms with Crippen LogP contribution in [0.1, 0.15) is 50.8 Å². The van der Waals surface area contributed by atoms with Gasteiger partial charge in [0.25, 0.3) is 0 Å². The molecule has 0 saturated carbocycles. The lowest BCUT2D eigenvalue weighted by Gasteiger charge is -2.23. The predicted molar refractivity (Wildman–Crippen MR) is 118 cm³/mol. The van der Waals surface area contributed by atoms with E-state index in [9.17, 15) is 9.59 Å². The molecule has 8 heteroatoms. The van der Waals surface area contributed by atoms with E-state index < -0.39 is 5.91 Å². The molecule has 158 valence electrons. The zero-order chi connectivity index (χ0) is 21.2. The number of rotatable bonds is 11. The Hall–Kier alpha value is -1.90. The number of hydroxylamine groups is 1. The monoisotopic (exact) mass is 482 g/mol. The molecule has 1 heterocycles. The minimum absolute atomic E-state index is 0.0404. The summed E-state index contributed by atoms with van der Waals surface area (Å²) in [5.41, 5.74) is 2.45. The van der Waals surface area contributed by atoms with Crippen molar-refractivity contribution in [1.82, 2.24) is 5.48 Å². The van der Waals surface area contributed by atoms with Gasteiger partial charge in [0, 0.05) is 23.4 Å². The zero-order valence-corrected chi connectivity index (χ0v) is 19.1. The van der Waals surface area contributed by atoms with Crippen LogP contribution in [0.15, 0.2) is 40.2 Å². The van der Waals surface area contributed by atoms with Crippen molar-refractivity contribution in [2.75, 3.05) is 4.90 Å². The average Bonchev–Trinajstić information content (AvgIpc) is 3.10. The van der Waals surface area contributed by atoms with Gasteiger partial charge in [-0.25, -0.2) is 5.48 Å². The molecule has 2 aromatic rings. The summed E-state index contributed by atoms with van der Waals surface area (Å²) in [4.78, 5) is 26.9. The maximum Gasteiger partial charge on any atom is 0.243 e. The van der Waals surface area contributed by atoms with Gasteiger partial charge in [0.1, 0.15) is 5.75 Å². The number of carbonyl (C=O) groups excluding carboxylic acids is 2. The standard InChI is InChI=1S/C21H27BrN2O4S/c1-15(2)28-17-10-8-16(9-11-17)24(14-18-12-13-19(22)29-18)21(26)7-5-3-4-6-20(25)23-27/h8-13,15,27H,3-7,14H2,1-2H3,(H,23,25). The number of hydrogen-bond acceptors (Lipinski definition) is 5. The molecule has 0 spiro atoms. The first-order valence-electron chi connectivity index (χ1n) is 9.63. The molecule has 0 aliphatic heterocycles. The SMILES string of the molecule is CC(C)Oc1ccc(N(Cc2ccc(Br)s2)C(=O)CCCCCC(=O)NO)cc1. The Morgan fingerprint density at radius 2 is 1.79 bits per heavy atom. The van der Waals surface area contributed by atoms with E-state index in [4.69, 9.17) is 9.94 Å². The largest absolute Gasteiger partial charge is 0.491 e. The quantitative estimate of drug-likeness (QED) is 0.259. The third-order valence-corrected chi connectivity index (χ3v) is 5.79. The van der Waals surface area contributed by atoms with Crippen LogP contribution in [-0.2, 0) is 16.1 Å². The molecule has 2 N–H and O–H groups in total. The second kappa shape index (κ2) is 11.9. The lowest BCUT2D eigenvalue weighted by atomic mass is 10.1. The van der Waals surface area contributed by atoms with Crippen molar-refractivity contribution in [3.05, 3.63) is 45.1 Å². The number of halogens is 1. The minimum atomic E-state index is -0.398. The van der Waals surface area contributed by atoms with Crippen molar-refractivity contribution in [3.63, 3.8) is 0 Å². The first-order chi connectivity index (χ1) is 13.9. The third-order valence-electron chi connectivity index (χ3n) is 4.18. The maximum atomic E-state index is 12.9. The lowest BCUT2D eigenvalue weighted by Crippen LogP contribution is -2.29. The molecule has 2 rings (SSSR count). The maximum absolute atomic E-state index is 12.9. The number of thiophene rings is 1. The highest BCUT2D eigenvalue weighted by atomic mass is 79.9. The number of nitrogens with one attached hydrogen (secondary N) is 1. The van der Waals surface area contributed by atoms with Gasteiger partial charge in [0.15, 0.2) is 0 Å². The third kappa shape index (κ3) is 8.16. The van der Waals surface area contributed by atoms with Gasteiger partial charge in [0.2, 0.25) is 11.8 Å². The molecule has 0 aliphatic carbocycles. The zero-order valence-electron chi connectivity index (χ0n) is 16.7. The summed E-state index contributed by atoms with van der Waals surface area (Å²) in [5.74, 6) is 0.417. The molecule has 29 heavy (non-hydrogen) atoms. The Bertz CT molecular complexity index is 792. The summed E-state index contributed by atoms with van der Waals surface area (Å²) < 4.78 is 6.72. The van der Waals surface area contributed by atoms with Crippen molar-refractivity contribution in [2.45, 2.75) is 58.6 Å². The molecule has 0 fully saturated rings. The van der Waals surface area contributed by atoms with Crippen LogP contribution in [0.5, 0.6) is 5.75 Å². The smallest absolute Gasteiger partial charge is 0.243 e. The van der Waals surface area contributed by atoms with E-state index in [0.717, 1.165) is 26.5 Å². The second-order valence-corrected chi connectivity index (χ2v) is 9.49. The summed E-state index contributed by atoms with van der Waals surface area (Å²) in [6.45, 7) is 4.46. The van der Waals surface area contributed by atoms with Gasteiger partial charge < -0.3 is 9.64 Å². The predicted octanol–water partition coefficient (Wildman–Crippen LogP) is 5.29. The number of nitrogens with zero attached hydrogens (tertiary/aromatic N) is 1. The number of carbonyl (C=O) groups is 2. The highest BCUT2D eigenvalue weighted by Gasteiger charge is 2.17. The fourth-order valence-corrected chi connectivity index (χ4v) is 4.29. The number of ether oxygens (including phenoxy) is 1. The fourth-order valence-electron chi connectivity index (χ4n) is 2.82. The Morgan fingerprint density at radius 1 is 1.10 bits per heavy atom. The van der Waals surface area contributed by atoms with Crippen molar-refractivity contribution in [3.8, 4) is 5.75 Å². The Labute approximate surface area is 184 Å². The minimum Gasteiger partial charge on any atom is -0.491 e. The molecule has 1 aromatic carbocycles. The van der Waals surface area contributed by atoms with Gasteiger partial charge in [-0.05, 0) is 79.0 Å². The average molecular weight is 483 g/mol. The molecule has 0 aliphatic rings. The van der Waals surface area contributed by atoms with E-state index in [1.54, 1.807) is 21.7 Å². The van der Waals surface area contributed by atoms with Crippen LogP contribution in [0.4, 0.5) is 5.69 Å². The van der Waals surface area contributed by atoms with Gasteiger partial charge in [-0.2, -0.15) is 0 Å². The molecular formula is C21H27BrN2O4S. The van der Waals surface area contributed by atoms with Crippen LogP contribution in [0.25, 0.3) is 0 Å². The number of anilines is 1. The van der Waals surface area contributed by atoms with Gasteiger partial charge >= 0.3 is 0 Å². The van der Waals surface area contributed by atoms with Gasteiger partial charge in [-0.1, -0.05) is 6.42 Å². The van der Waals surface area contributed by atoms with Gasteiger partial charge in [-0.3, -0.25) is 14.8 Å².